The summed E-state index contributed by atoms with van der Waals surface area (Å²) in [5.74, 6) is 1.53. The van der Waals surface area contributed by atoms with Crippen molar-refractivity contribution >= 4 is 5.91 Å². The molecule has 5 heteroatoms. The molecule has 168 valence electrons. The summed E-state index contributed by atoms with van der Waals surface area (Å²) < 4.78 is 0. The number of aryl methyl sites for hydroxylation is 1. The smallest absolute Gasteiger partial charge is 0.226 e. The number of likely N-dealkylation sites (tertiary alicyclic amines) is 1. The van der Waals surface area contributed by atoms with Crippen LogP contribution in [0.2, 0.25) is 0 Å². The lowest BCUT2D eigenvalue weighted by molar-refractivity contribution is -0.136. The van der Waals surface area contributed by atoms with E-state index in [4.69, 9.17) is 9.97 Å². The van der Waals surface area contributed by atoms with Crippen molar-refractivity contribution in [2.24, 2.45) is 5.92 Å². The van der Waals surface area contributed by atoms with E-state index in [1.54, 1.807) is 12.4 Å². The first-order valence-corrected chi connectivity index (χ1v) is 12.0. The number of hydrogen-bond acceptors (Lipinski definition) is 4. The third-order valence-electron chi connectivity index (χ3n) is 6.90. The van der Waals surface area contributed by atoms with E-state index in [9.17, 15) is 4.79 Å². The summed E-state index contributed by atoms with van der Waals surface area (Å²) in [6.07, 6.45) is 14.6. The number of hydrogen-bond donors (Lipinski definition) is 0. The first kappa shape index (κ1) is 21.5. The normalized spacial score (nSPS) is 18.9. The third kappa shape index (κ3) is 4.72. The lowest BCUT2D eigenvalue weighted by atomic mass is 9.87. The number of carbonyl (C=O) groups excluding carboxylic acids is 1. The summed E-state index contributed by atoms with van der Waals surface area (Å²) in [5.41, 5.74) is 5.53. The zero-order chi connectivity index (χ0) is 22.6. The molecule has 0 bridgehead atoms. The Labute approximate surface area is 195 Å². The van der Waals surface area contributed by atoms with E-state index in [1.165, 1.54) is 5.56 Å². The molecule has 1 aliphatic carbocycles. The predicted molar refractivity (Wildman–Crippen MR) is 130 cm³/mol. The molecule has 0 N–H and O–H groups in total. The van der Waals surface area contributed by atoms with Gasteiger partial charge < -0.3 is 4.90 Å². The van der Waals surface area contributed by atoms with Crippen molar-refractivity contribution in [2.45, 2.75) is 44.9 Å². The Bertz CT molecular complexity index is 1150. The topological polar surface area (TPSA) is 59.0 Å². The van der Waals surface area contributed by atoms with Gasteiger partial charge in [0.15, 0.2) is 5.82 Å². The van der Waals surface area contributed by atoms with E-state index < -0.39 is 0 Å². The zero-order valence-corrected chi connectivity index (χ0v) is 19.2. The molecule has 2 aromatic heterocycles. The molecule has 1 atom stereocenters. The number of piperidine rings is 1. The molecule has 1 amide bonds. The summed E-state index contributed by atoms with van der Waals surface area (Å²) in [6.45, 7) is 3.71. The lowest BCUT2D eigenvalue weighted by Gasteiger charge is -2.35. The SMILES string of the molecule is Cc1cccc(-c2cnc(-c3ccncc3)nc2C2CCN(C(=O)[C@H]3CC=CCC3)CC2)c1. The van der Waals surface area contributed by atoms with Crippen LogP contribution in [0.15, 0.2) is 67.1 Å². The number of allylic oxidation sites excluding steroid dienone is 2. The Morgan fingerprint density at radius 2 is 1.82 bits per heavy atom. The van der Waals surface area contributed by atoms with Crippen LogP contribution in [0.5, 0.6) is 0 Å². The Kier molecular flexibility index (Phi) is 6.29. The van der Waals surface area contributed by atoms with Gasteiger partial charge in [0.05, 0.1) is 5.69 Å². The molecule has 1 aliphatic heterocycles. The van der Waals surface area contributed by atoms with Gasteiger partial charge in [-0.1, -0.05) is 42.0 Å². The minimum Gasteiger partial charge on any atom is -0.342 e. The van der Waals surface area contributed by atoms with E-state index in [0.717, 1.165) is 73.4 Å². The van der Waals surface area contributed by atoms with Crippen molar-refractivity contribution in [3.8, 4) is 22.5 Å². The Hall–Kier alpha value is -3.34. The molecule has 1 aromatic carbocycles. The second-order valence-corrected chi connectivity index (χ2v) is 9.18. The van der Waals surface area contributed by atoms with Gasteiger partial charge in [0.25, 0.3) is 0 Å². The highest BCUT2D eigenvalue weighted by molar-refractivity contribution is 5.79. The molecular weight excluding hydrogens is 408 g/mol. The summed E-state index contributed by atoms with van der Waals surface area (Å²) in [7, 11) is 0. The molecular formula is C28H30N4O. The Balaban J connectivity index is 1.42. The predicted octanol–water partition coefficient (Wildman–Crippen LogP) is 5.58. The highest BCUT2D eigenvalue weighted by Gasteiger charge is 2.30. The second kappa shape index (κ2) is 9.65. The van der Waals surface area contributed by atoms with Crippen molar-refractivity contribution in [1.29, 1.82) is 0 Å². The molecule has 1 saturated heterocycles. The molecule has 0 spiro atoms. The average Bonchev–Trinajstić information content (AvgIpc) is 2.89. The molecule has 1 fully saturated rings. The van der Waals surface area contributed by atoms with E-state index >= 15 is 0 Å². The van der Waals surface area contributed by atoms with Crippen LogP contribution in [0.4, 0.5) is 0 Å². The van der Waals surface area contributed by atoms with Gasteiger partial charge in [-0.05, 0) is 56.7 Å². The number of amides is 1. The van der Waals surface area contributed by atoms with Crippen LogP contribution in [-0.4, -0.2) is 38.8 Å². The monoisotopic (exact) mass is 438 g/mol. The van der Waals surface area contributed by atoms with E-state index in [-0.39, 0.29) is 5.92 Å². The zero-order valence-electron chi connectivity index (χ0n) is 19.2. The van der Waals surface area contributed by atoms with Crippen LogP contribution in [0.1, 0.15) is 49.3 Å². The van der Waals surface area contributed by atoms with Crippen molar-refractivity contribution < 1.29 is 4.79 Å². The van der Waals surface area contributed by atoms with Crippen LogP contribution >= 0.6 is 0 Å². The number of nitrogens with zero attached hydrogens (tertiary/aromatic N) is 4. The highest BCUT2D eigenvalue weighted by Crippen LogP contribution is 2.36. The van der Waals surface area contributed by atoms with Gasteiger partial charge in [0, 0.05) is 54.6 Å². The van der Waals surface area contributed by atoms with Gasteiger partial charge in [0.1, 0.15) is 0 Å². The number of carbonyl (C=O) groups is 1. The van der Waals surface area contributed by atoms with Gasteiger partial charge in [0.2, 0.25) is 5.91 Å². The first-order chi connectivity index (χ1) is 16.2. The lowest BCUT2D eigenvalue weighted by Crippen LogP contribution is -2.41. The van der Waals surface area contributed by atoms with Gasteiger partial charge in [-0.3, -0.25) is 9.78 Å². The standard InChI is InChI=1S/C28H30N4O/c1-20-6-5-9-24(18-20)25-19-30-27(22-10-14-29-15-11-22)31-26(25)21-12-16-32(17-13-21)28(33)23-7-3-2-4-8-23/h2-3,5-6,9-11,14-15,18-19,21,23H,4,7-8,12-13,16-17H2,1H3/t23-/m0/s1. The molecule has 0 unspecified atom stereocenters. The maximum absolute atomic E-state index is 13.0. The van der Waals surface area contributed by atoms with Crippen LogP contribution in [-0.2, 0) is 4.79 Å². The highest BCUT2D eigenvalue weighted by atomic mass is 16.2. The molecule has 3 heterocycles. The summed E-state index contributed by atoms with van der Waals surface area (Å²) in [5, 5.41) is 0. The average molecular weight is 439 g/mol. The second-order valence-electron chi connectivity index (χ2n) is 9.18. The van der Waals surface area contributed by atoms with Gasteiger partial charge in [-0.25, -0.2) is 9.97 Å². The van der Waals surface area contributed by atoms with Crippen molar-refractivity contribution in [3.63, 3.8) is 0 Å². The van der Waals surface area contributed by atoms with E-state index in [0.29, 0.717) is 11.8 Å². The number of pyridine rings is 1. The minimum absolute atomic E-state index is 0.159. The van der Waals surface area contributed by atoms with Crippen LogP contribution in [0, 0.1) is 12.8 Å². The van der Waals surface area contributed by atoms with Crippen LogP contribution in [0.3, 0.4) is 0 Å². The summed E-state index contributed by atoms with van der Waals surface area (Å²) >= 11 is 0. The molecule has 33 heavy (non-hydrogen) atoms. The van der Waals surface area contributed by atoms with Crippen LogP contribution < -0.4 is 0 Å². The summed E-state index contributed by atoms with van der Waals surface area (Å²) in [4.78, 5) is 29.0. The van der Waals surface area contributed by atoms with Gasteiger partial charge in [-0.2, -0.15) is 0 Å². The van der Waals surface area contributed by atoms with E-state index in [1.807, 2.05) is 18.3 Å². The molecule has 0 saturated carbocycles. The number of aromatic nitrogens is 3. The van der Waals surface area contributed by atoms with Crippen molar-refractivity contribution in [1.82, 2.24) is 19.9 Å². The van der Waals surface area contributed by atoms with Gasteiger partial charge in [-0.15, -0.1) is 0 Å². The fourth-order valence-corrected chi connectivity index (χ4v) is 5.03. The fraction of sp³-hybridized carbons (Fsp3) is 0.357. The molecule has 5 nitrogen and oxygen atoms in total. The third-order valence-corrected chi connectivity index (χ3v) is 6.90. The number of rotatable bonds is 4. The van der Waals surface area contributed by atoms with E-state index in [2.05, 4.69) is 53.2 Å². The first-order valence-electron chi connectivity index (χ1n) is 12.0. The Morgan fingerprint density at radius 3 is 2.55 bits per heavy atom. The van der Waals surface area contributed by atoms with Gasteiger partial charge >= 0.3 is 0 Å². The molecule has 5 rings (SSSR count). The molecule has 2 aliphatic rings. The molecule has 0 radical (unpaired) electrons. The minimum atomic E-state index is 0.159. The summed E-state index contributed by atoms with van der Waals surface area (Å²) in [6, 6.07) is 12.4. The number of benzene rings is 1. The quantitative estimate of drug-likeness (QED) is 0.499. The molecule has 3 aromatic rings. The Morgan fingerprint density at radius 1 is 1.00 bits per heavy atom. The fourth-order valence-electron chi connectivity index (χ4n) is 5.03. The van der Waals surface area contributed by atoms with Crippen LogP contribution in [0.25, 0.3) is 22.5 Å². The maximum Gasteiger partial charge on any atom is 0.226 e. The maximum atomic E-state index is 13.0. The van der Waals surface area contributed by atoms with Crippen molar-refractivity contribution in [3.05, 3.63) is 78.4 Å². The van der Waals surface area contributed by atoms with Crippen molar-refractivity contribution in [2.75, 3.05) is 13.1 Å². The largest absolute Gasteiger partial charge is 0.342 e.